The van der Waals surface area contributed by atoms with E-state index < -0.39 is 17.5 Å². The third-order valence-electron chi connectivity index (χ3n) is 1.87. The van der Waals surface area contributed by atoms with Crippen molar-refractivity contribution in [1.29, 1.82) is 0 Å². The fourth-order valence-corrected chi connectivity index (χ4v) is 1.14. The predicted molar refractivity (Wildman–Crippen MR) is 50.4 cm³/mol. The van der Waals surface area contributed by atoms with E-state index in [0.717, 1.165) is 6.07 Å². The van der Waals surface area contributed by atoms with Gasteiger partial charge in [-0.05, 0) is 12.1 Å². The van der Waals surface area contributed by atoms with Gasteiger partial charge in [0.1, 0.15) is 0 Å². The molecule has 0 bridgehead atoms. The van der Waals surface area contributed by atoms with Crippen LogP contribution in [0.5, 0.6) is 0 Å². The van der Waals surface area contributed by atoms with Gasteiger partial charge in [-0.1, -0.05) is 0 Å². The molecule has 0 atom stereocenters. The number of benzene rings is 1. The van der Waals surface area contributed by atoms with Crippen LogP contribution in [-0.2, 0) is 11.3 Å². The molecule has 0 aliphatic heterocycles. The first-order chi connectivity index (χ1) is 7.10. The van der Waals surface area contributed by atoms with Crippen molar-refractivity contribution in [2.45, 2.75) is 6.61 Å². The summed E-state index contributed by atoms with van der Waals surface area (Å²) in [6.07, 6.45) is 0. The maximum atomic E-state index is 11.1. The Labute approximate surface area is 85.2 Å². The number of esters is 1. The van der Waals surface area contributed by atoms with Crippen molar-refractivity contribution in [2.24, 2.45) is 0 Å². The fraction of sp³-hybridized carbons (Fsp3) is 0.222. The lowest BCUT2D eigenvalue weighted by Gasteiger charge is -2.02. The largest absolute Gasteiger partial charge is 0.465 e. The molecule has 80 valence electrons. The Morgan fingerprint density at radius 1 is 1.60 bits per heavy atom. The minimum absolute atomic E-state index is 0.0860. The van der Waals surface area contributed by atoms with Crippen LogP contribution in [0, 0.1) is 10.1 Å². The number of hydrogen-bond acceptors (Lipinski definition) is 5. The number of carbonyl (C=O) groups excluding carboxylic acids is 1. The molecule has 0 aromatic heterocycles. The van der Waals surface area contributed by atoms with Gasteiger partial charge in [-0.3, -0.25) is 10.1 Å². The SMILES string of the molecule is COC(=O)c1ccc([N+](=O)[O-])c(CO)c1. The van der Waals surface area contributed by atoms with E-state index in [9.17, 15) is 14.9 Å². The van der Waals surface area contributed by atoms with Gasteiger partial charge in [-0.2, -0.15) is 0 Å². The molecule has 0 spiro atoms. The molecule has 1 rings (SSSR count). The molecule has 0 aliphatic carbocycles. The maximum absolute atomic E-state index is 11.1. The number of rotatable bonds is 3. The minimum atomic E-state index is -0.618. The normalized spacial score (nSPS) is 9.73. The zero-order valence-corrected chi connectivity index (χ0v) is 7.97. The lowest BCUT2D eigenvalue weighted by Crippen LogP contribution is -2.03. The highest BCUT2D eigenvalue weighted by Gasteiger charge is 2.15. The molecule has 6 heteroatoms. The average Bonchev–Trinajstić information content (AvgIpc) is 2.26. The van der Waals surface area contributed by atoms with Crippen LogP contribution in [0.25, 0.3) is 0 Å². The summed E-state index contributed by atoms with van der Waals surface area (Å²) in [5.74, 6) is -0.598. The van der Waals surface area contributed by atoms with Gasteiger partial charge in [-0.15, -0.1) is 0 Å². The molecular formula is C9H9NO5. The van der Waals surface area contributed by atoms with Crippen LogP contribution in [0.15, 0.2) is 18.2 Å². The van der Waals surface area contributed by atoms with Gasteiger partial charge in [0.15, 0.2) is 0 Å². The summed E-state index contributed by atoms with van der Waals surface area (Å²) in [4.78, 5) is 21.0. The highest BCUT2D eigenvalue weighted by Crippen LogP contribution is 2.20. The van der Waals surface area contributed by atoms with E-state index in [-0.39, 0.29) is 16.8 Å². The van der Waals surface area contributed by atoms with Crippen LogP contribution >= 0.6 is 0 Å². The second-order valence-corrected chi connectivity index (χ2v) is 2.75. The topological polar surface area (TPSA) is 89.7 Å². The van der Waals surface area contributed by atoms with Crippen molar-refractivity contribution in [3.05, 3.63) is 39.4 Å². The molecule has 0 aliphatic rings. The van der Waals surface area contributed by atoms with Crippen molar-refractivity contribution < 1.29 is 19.6 Å². The summed E-state index contributed by atoms with van der Waals surface area (Å²) in [7, 11) is 1.21. The second-order valence-electron chi connectivity index (χ2n) is 2.75. The smallest absolute Gasteiger partial charge is 0.337 e. The van der Waals surface area contributed by atoms with Gasteiger partial charge in [0.2, 0.25) is 0 Å². The summed E-state index contributed by atoms with van der Waals surface area (Å²) in [6.45, 7) is -0.499. The molecule has 0 saturated carbocycles. The van der Waals surface area contributed by atoms with Crippen molar-refractivity contribution in [2.75, 3.05) is 7.11 Å². The molecule has 1 N–H and O–H groups in total. The monoisotopic (exact) mass is 211 g/mol. The van der Waals surface area contributed by atoms with Crippen LogP contribution in [0.1, 0.15) is 15.9 Å². The van der Waals surface area contributed by atoms with Gasteiger partial charge in [0.05, 0.1) is 29.8 Å². The molecule has 0 unspecified atom stereocenters. The van der Waals surface area contributed by atoms with E-state index in [1.54, 1.807) is 0 Å². The van der Waals surface area contributed by atoms with E-state index >= 15 is 0 Å². The number of hydrogen-bond donors (Lipinski definition) is 1. The number of carbonyl (C=O) groups is 1. The Kier molecular flexibility index (Phi) is 3.35. The van der Waals surface area contributed by atoms with E-state index in [1.807, 2.05) is 0 Å². The average molecular weight is 211 g/mol. The summed E-state index contributed by atoms with van der Waals surface area (Å²) in [5.41, 5.74) is 0.0419. The molecule has 6 nitrogen and oxygen atoms in total. The van der Waals surface area contributed by atoms with E-state index in [1.165, 1.54) is 19.2 Å². The zero-order chi connectivity index (χ0) is 11.4. The molecule has 15 heavy (non-hydrogen) atoms. The van der Waals surface area contributed by atoms with Gasteiger partial charge in [0, 0.05) is 6.07 Å². The van der Waals surface area contributed by atoms with Crippen LogP contribution in [0.3, 0.4) is 0 Å². The molecule has 1 aromatic carbocycles. The summed E-state index contributed by atoms with van der Waals surface area (Å²) in [5, 5.41) is 19.4. The van der Waals surface area contributed by atoms with E-state index in [2.05, 4.69) is 4.74 Å². The number of nitro benzene ring substituents is 1. The Balaban J connectivity index is 3.19. The minimum Gasteiger partial charge on any atom is -0.465 e. The highest BCUT2D eigenvalue weighted by atomic mass is 16.6. The molecule has 0 saturated heterocycles. The van der Waals surface area contributed by atoms with Gasteiger partial charge >= 0.3 is 5.97 Å². The highest BCUT2D eigenvalue weighted by molar-refractivity contribution is 5.89. The van der Waals surface area contributed by atoms with Gasteiger partial charge in [-0.25, -0.2) is 4.79 Å². The lowest BCUT2D eigenvalue weighted by molar-refractivity contribution is -0.385. The van der Waals surface area contributed by atoms with Crippen molar-refractivity contribution in [1.82, 2.24) is 0 Å². The first kappa shape index (κ1) is 11.1. The number of nitro groups is 1. The Hall–Kier alpha value is -1.95. The van der Waals surface area contributed by atoms with Gasteiger partial charge in [0.25, 0.3) is 5.69 Å². The van der Waals surface area contributed by atoms with Crippen LogP contribution in [-0.4, -0.2) is 23.1 Å². The zero-order valence-electron chi connectivity index (χ0n) is 7.97. The van der Waals surface area contributed by atoms with Crippen LogP contribution in [0.2, 0.25) is 0 Å². The molecular weight excluding hydrogens is 202 g/mol. The van der Waals surface area contributed by atoms with Crippen molar-refractivity contribution >= 4 is 11.7 Å². The number of nitrogens with zero attached hydrogens (tertiary/aromatic N) is 1. The third kappa shape index (κ3) is 2.29. The lowest BCUT2D eigenvalue weighted by atomic mass is 10.1. The summed E-state index contributed by atoms with van der Waals surface area (Å²) >= 11 is 0. The Morgan fingerprint density at radius 3 is 2.73 bits per heavy atom. The fourth-order valence-electron chi connectivity index (χ4n) is 1.14. The molecule has 0 heterocycles. The van der Waals surface area contributed by atoms with E-state index in [4.69, 9.17) is 5.11 Å². The molecule has 0 fully saturated rings. The maximum Gasteiger partial charge on any atom is 0.337 e. The van der Waals surface area contributed by atoms with Crippen molar-refractivity contribution in [3.8, 4) is 0 Å². The van der Waals surface area contributed by atoms with Crippen LogP contribution < -0.4 is 0 Å². The molecule has 0 radical (unpaired) electrons. The number of ether oxygens (including phenoxy) is 1. The summed E-state index contributed by atoms with van der Waals surface area (Å²) in [6, 6.07) is 3.69. The second kappa shape index (κ2) is 4.52. The number of methoxy groups -OCH3 is 1. The standard InChI is InChI=1S/C9H9NO5/c1-15-9(12)6-2-3-8(10(13)14)7(4-6)5-11/h2-4,11H,5H2,1H3. The first-order valence-electron chi connectivity index (χ1n) is 4.06. The van der Waals surface area contributed by atoms with E-state index in [0.29, 0.717) is 0 Å². The van der Waals surface area contributed by atoms with Crippen LogP contribution in [0.4, 0.5) is 5.69 Å². The molecule has 1 aromatic rings. The quantitative estimate of drug-likeness (QED) is 0.455. The summed E-state index contributed by atoms with van der Waals surface area (Å²) < 4.78 is 4.45. The first-order valence-corrected chi connectivity index (χ1v) is 4.06. The number of aliphatic hydroxyl groups excluding tert-OH is 1. The molecule has 0 amide bonds. The van der Waals surface area contributed by atoms with Crippen molar-refractivity contribution in [3.63, 3.8) is 0 Å². The third-order valence-corrected chi connectivity index (χ3v) is 1.87. The Morgan fingerprint density at radius 2 is 2.27 bits per heavy atom. The van der Waals surface area contributed by atoms with Gasteiger partial charge < -0.3 is 9.84 Å². The number of aliphatic hydroxyl groups is 1. The Bertz CT molecular complexity index is 401. The predicted octanol–water partition coefficient (Wildman–Crippen LogP) is 0.874.